The van der Waals surface area contributed by atoms with Gasteiger partial charge in [0.25, 0.3) is 0 Å². The third kappa shape index (κ3) is 3.54. The zero-order chi connectivity index (χ0) is 7.49. The van der Waals surface area contributed by atoms with E-state index in [4.69, 9.17) is 0 Å². The van der Waals surface area contributed by atoms with Crippen LogP contribution in [0.15, 0.2) is 4.40 Å². The molecule has 0 aromatic heterocycles. The fraction of sp³-hybridized carbons (Fsp3) is 0.833. The molecule has 0 saturated carbocycles. The molecule has 0 heterocycles. The van der Waals surface area contributed by atoms with E-state index in [2.05, 4.69) is 4.40 Å². The predicted molar refractivity (Wildman–Crippen MR) is 42.1 cm³/mol. The van der Waals surface area contributed by atoms with Crippen molar-refractivity contribution in [2.45, 2.75) is 32.4 Å². The lowest BCUT2D eigenvalue weighted by atomic mass is 10.3. The molecule has 9 heavy (non-hydrogen) atoms. The summed E-state index contributed by atoms with van der Waals surface area (Å²) < 4.78 is 14.5. The van der Waals surface area contributed by atoms with E-state index in [1.165, 1.54) is 0 Å². The lowest BCUT2D eigenvalue weighted by molar-refractivity contribution is 0.562. The Morgan fingerprint density at radius 3 is 2.00 bits per heavy atom. The summed E-state index contributed by atoms with van der Waals surface area (Å²) in [5.74, 6) is 0. The molecule has 2 nitrogen and oxygen atoms in total. The monoisotopic (exact) mass is 147 g/mol. The highest BCUT2D eigenvalue weighted by atomic mass is 32.2. The summed E-state index contributed by atoms with van der Waals surface area (Å²) in [5, 5.41) is 0. The smallest absolute Gasteiger partial charge is 0.144 e. The zero-order valence-corrected chi connectivity index (χ0v) is 7.16. The quantitative estimate of drug-likeness (QED) is 0.409. The van der Waals surface area contributed by atoms with Gasteiger partial charge in [-0.2, -0.15) is 0 Å². The van der Waals surface area contributed by atoms with Crippen LogP contribution < -0.4 is 0 Å². The van der Waals surface area contributed by atoms with E-state index < -0.39 is 11.4 Å². The Balaban J connectivity index is 3.88. The van der Waals surface area contributed by atoms with Gasteiger partial charge in [0.05, 0.1) is 6.21 Å². The van der Waals surface area contributed by atoms with Crippen molar-refractivity contribution in [1.29, 1.82) is 0 Å². The topological polar surface area (TPSA) is 35.4 Å². The Morgan fingerprint density at radius 2 is 1.89 bits per heavy atom. The first-order valence-electron chi connectivity index (χ1n) is 2.89. The average molecular weight is 147 g/mol. The second-order valence-electron chi connectivity index (χ2n) is 2.73. The third-order valence-corrected chi connectivity index (χ3v) is 2.18. The van der Waals surface area contributed by atoms with Gasteiger partial charge in [-0.3, -0.25) is 0 Å². The van der Waals surface area contributed by atoms with Gasteiger partial charge in [0.2, 0.25) is 0 Å². The molecular weight excluding hydrogens is 134 g/mol. The molecule has 0 aliphatic carbocycles. The van der Waals surface area contributed by atoms with Crippen molar-refractivity contribution in [3.63, 3.8) is 0 Å². The summed E-state index contributed by atoms with van der Waals surface area (Å²) in [4.78, 5) is 0. The maximum Gasteiger partial charge on any atom is 0.144 e. The van der Waals surface area contributed by atoms with Crippen LogP contribution in [0.2, 0.25) is 0 Å². The zero-order valence-electron chi connectivity index (χ0n) is 6.34. The minimum atomic E-state index is -1.07. The SMILES string of the molecule is C/C=N\[S@@+]([O-])C(C)(C)C. The molecule has 0 unspecified atom stereocenters. The highest BCUT2D eigenvalue weighted by molar-refractivity contribution is 7.91. The van der Waals surface area contributed by atoms with Gasteiger partial charge in [0.1, 0.15) is 16.1 Å². The molecule has 0 saturated heterocycles. The Bertz CT molecular complexity index is 106. The summed E-state index contributed by atoms with van der Waals surface area (Å²) >= 11 is -1.07. The molecule has 0 spiro atoms. The Labute approximate surface area is 59.7 Å². The summed E-state index contributed by atoms with van der Waals surface area (Å²) in [6, 6.07) is 0. The van der Waals surface area contributed by atoms with Gasteiger partial charge in [-0.15, -0.1) is 0 Å². The normalized spacial score (nSPS) is 16.6. The molecule has 0 aliphatic rings. The van der Waals surface area contributed by atoms with Crippen molar-refractivity contribution in [3.05, 3.63) is 0 Å². The van der Waals surface area contributed by atoms with Crippen LogP contribution in [0.25, 0.3) is 0 Å². The minimum absolute atomic E-state index is 0.216. The lowest BCUT2D eigenvalue weighted by Crippen LogP contribution is -2.25. The maximum atomic E-state index is 11.0. The largest absolute Gasteiger partial charge is 0.591 e. The van der Waals surface area contributed by atoms with Crippen LogP contribution in [0.1, 0.15) is 27.7 Å². The molecule has 0 bridgehead atoms. The van der Waals surface area contributed by atoms with Crippen molar-refractivity contribution in [2.24, 2.45) is 4.40 Å². The Kier molecular flexibility index (Phi) is 3.22. The molecule has 0 fully saturated rings. The summed E-state index contributed by atoms with van der Waals surface area (Å²) in [6.45, 7) is 7.46. The van der Waals surface area contributed by atoms with Crippen molar-refractivity contribution < 1.29 is 4.55 Å². The lowest BCUT2D eigenvalue weighted by Gasteiger charge is -2.17. The molecule has 0 N–H and O–H groups in total. The van der Waals surface area contributed by atoms with Gasteiger partial charge in [0, 0.05) is 0 Å². The van der Waals surface area contributed by atoms with Crippen LogP contribution in [-0.4, -0.2) is 15.5 Å². The second-order valence-corrected chi connectivity index (χ2v) is 4.66. The van der Waals surface area contributed by atoms with E-state index >= 15 is 0 Å². The van der Waals surface area contributed by atoms with Crippen molar-refractivity contribution in [2.75, 3.05) is 0 Å². The molecule has 1 atom stereocenters. The summed E-state index contributed by atoms with van der Waals surface area (Å²) in [7, 11) is 0. The number of nitrogens with zero attached hydrogens (tertiary/aromatic N) is 1. The highest BCUT2D eigenvalue weighted by Crippen LogP contribution is 2.15. The predicted octanol–water partition coefficient (Wildman–Crippen LogP) is 1.54. The molecular formula is C6H13NOS. The van der Waals surface area contributed by atoms with Crippen LogP contribution in [0.4, 0.5) is 0 Å². The van der Waals surface area contributed by atoms with Crippen LogP contribution >= 0.6 is 0 Å². The van der Waals surface area contributed by atoms with Gasteiger partial charge >= 0.3 is 0 Å². The summed E-state index contributed by atoms with van der Waals surface area (Å²) in [6.07, 6.45) is 1.57. The maximum absolute atomic E-state index is 11.0. The molecule has 54 valence electrons. The van der Waals surface area contributed by atoms with Crippen LogP contribution in [0.3, 0.4) is 0 Å². The molecule has 3 heteroatoms. The van der Waals surface area contributed by atoms with Crippen LogP contribution in [0.5, 0.6) is 0 Å². The molecule has 0 aromatic rings. The van der Waals surface area contributed by atoms with E-state index in [1.807, 2.05) is 20.8 Å². The van der Waals surface area contributed by atoms with E-state index in [9.17, 15) is 4.55 Å². The molecule has 0 aliphatic heterocycles. The molecule has 0 rings (SSSR count). The van der Waals surface area contributed by atoms with E-state index in [-0.39, 0.29) is 4.75 Å². The number of rotatable bonds is 1. The number of hydrogen-bond donors (Lipinski definition) is 0. The highest BCUT2D eigenvalue weighted by Gasteiger charge is 2.25. The van der Waals surface area contributed by atoms with E-state index in [1.54, 1.807) is 13.1 Å². The van der Waals surface area contributed by atoms with E-state index in [0.29, 0.717) is 0 Å². The van der Waals surface area contributed by atoms with Gasteiger partial charge in [-0.05, 0) is 27.7 Å². The fourth-order valence-electron chi connectivity index (χ4n) is 0.254. The second kappa shape index (κ2) is 3.22. The Hall–Kier alpha value is -0.0200. The first-order valence-corrected chi connectivity index (χ1v) is 4.00. The summed E-state index contributed by atoms with van der Waals surface area (Å²) in [5.41, 5.74) is 0. The van der Waals surface area contributed by atoms with Gasteiger partial charge in [-0.1, -0.05) is 4.40 Å². The number of hydrogen-bond acceptors (Lipinski definition) is 2. The van der Waals surface area contributed by atoms with Crippen LogP contribution in [-0.2, 0) is 11.4 Å². The van der Waals surface area contributed by atoms with Gasteiger partial charge < -0.3 is 4.55 Å². The molecule has 0 amide bonds. The first kappa shape index (κ1) is 8.98. The van der Waals surface area contributed by atoms with Crippen LogP contribution in [0, 0.1) is 0 Å². The van der Waals surface area contributed by atoms with Crippen molar-refractivity contribution in [1.82, 2.24) is 0 Å². The van der Waals surface area contributed by atoms with E-state index in [0.717, 1.165) is 0 Å². The Morgan fingerprint density at radius 1 is 1.44 bits per heavy atom. The fourth-order valence-corrected chi connectivity index (χ4v) is 0.762. The first-order chi connectivity index (χ1) is 3.98. The van der Waals surface area contributed by atoms with Crippen molar-refractivity contribution in [3.8, 4) is 0 Å². The van der Waals surface area contributed by atoms with Crippen molar-refractivity contribution >= 4 is 17.6 Å². The molecule has 0 aromatic carbocycles. The van der Waals surface area contributed by atoms with Gasteiger partial charge in [-0.25, -0.2) is 0 Å². The minimum Gasteiger partial charge on any atom is -0.591 e. The average Bonchev–Trinajstić information content (AvgIpc) is 1.64. The molecule has 0 radical (unpaired) electrons. The van der Waals surface area contributed by atoms with Gasteiger partial charge in [0.15, 0.2) is 0 Å². The third-order valence-electron chi connectivity index (χ3n) is 0.725. The standard InChI is InChI=1S/C6H13NOS/c1-5-7-9(8)6(2,3)4/h5H,1-4H3/b7-5-/t9-/m0/s1.